The molecule has 0 fully saturated rings. The normalized spacial score (nSPS) is 12.3. The van der Waals surface area contributed by atoms with Gasteiger partial charge in [0.2, 0.25) is 0 Å². The zero-order valence-electron chi connectivity index (χ0n) is 12.6. The van der Waals surface area contributed by atoms with Crippen LogP contribution in [0.3, 0.4) is 0 Å². The molecule has 1 unspecified atom stereocenters. The van der Waals surface area contributed by atoms with E-state index < -0.39 is 0 Å². The summed E-state index contributed by atoms with van der Waals surface area (Å²) < 4.78 is 9.10. The molecule has 1 atom stereocenters. The average Bonchev–Trinajstić information content (AvgIpc) is 2.98. The van der Waals surface area contributed by atoms with Gasteiger partial charge in [0.15, 0.2) is 0 Å². The predicted molar refractivity (Wildman–Crippen MR) is 88.6 cm³/mol. The summed E-state index contributed by atoms with van der Waals surface area (Å²) in [5.74, 6) is 0.956. The van der Waals surface area contributed by atoms with Crippen LogP contribution in [0.15, 0.2) is 41.4 Å². The Morgan fingerprint density at radius 1 is 1.43 bits per heavy atom. The number of aryl methyl sites for hydroxylation is 1. The Balaban J connectivity index is 1.92. The molecular weight excluding hydrogens is 330 g/mol. The van der Waals surface area contributed by atoms with Gasteiger partial charge in [-0.1, -0.05) is 22.9 Å². The second-order valence-corrected chi connectivity index (χ2v) is 5.88. The van der Waals surface area contributed by atoms with Crippen LogP contribution in [0, 0.1) is 0 Å². The highest BCUT2D eigenvalue weighted by atomic mass is 79.9. The standard InChI is InChI=1S/C16H22BrN3O/c1-3-19-13(2)15-11-14(17)5-6-16(15)21-10-4-8-20-9-7-18-12-20/h5-7,9,11-13,19H,3-4,8,10H2,1-2H3. The van der Waals surface area contributed by atoms with E-state index in [9.17, 15) is 0 Å². The van der Waals surface area contributed by atoms with Crippen LogP contribution in [-0.2, 0) is 6.54 Å². The van der Waals surface area contributed by atoms with Gasteiger partial charge in [0.25, 0.3) is 0 Å². The molecule has 0 aliphatic carbocycles. The molecule has 4 nitrogen and oxygen atoms in total. The maximum Gasteiger partial charge on any atom is 0.124 e. The molecule has 0 spiro atoms. The number of ether oxygens (including phenoxy) is 1. The van der Waals surface area contributed by atoms with E-state index in [1.165, 1.54) is 5.56 Å². The van der Waals surface area contributed by atoms with E-state index in [1.54, 1.807) is 6.20 Å². The molecule has 1 N–H and O–H groups in total. The molecule has 0 aliphatic heterocycles. The van der Waals surface area contributed by atoms with Crippen LogP contribution in [0.5, 0.6) is 5.75 Å². The topological polar surface area (TPSA) is 39.1 Å². The van der Waals surface area contributed by atoms with Crippen molar-refractivity contribution in [1.82, 2.24) is 14.9 Å². The van der Waals surface area contributed by atoms with Crippen LogP contribution in [0.2, 0.25) is 0 Å². The van der Waals surface area contributed by atoms with Gasteiger partial charge in [-0.05, 0) is 38.1 Å². The minimum Gasteiger partial charge on any atom is -0.493 e. The van der Waals surface area contributed by atoms with Crippen molar-refractivity contribution in [3.8, 4) is 5.75 Å². The van der Waals surface area contributed by atoms with Gasteiger partial charge < -0.3 is 14.6 Å². The van der Waals surface area contributed by atoms with Crippen LogP contribution in [0.25, 0.3) is 0 Å². The maximum absolute atomic E-state index is 5.96. The molecular formula is C16H22BrN3O. The number of hydrogen-bond acceptors (Lipinski definition) is 3. The van der Waals surface area contributed by atoms with Crippen molar-refractivity contribution in [2.75, 3.05) is 13.2 Å². The zero-order chi connectivity index (χ0) is 15.1. The van der Waals surface area contributed by atoms with Crippen molar-refractivity contribution in [2.24, 2.45) is 0 Å². The number of rotatable bonds is 8. The summed E-state index contributed by atoms with van der Waals surface area (Å²) in [5.41, 5.74) is 1.19. The number of imidazole rings is 1. The Labute approximate surface area is 134 Å². The summed E-state index contributed by atoms with van der Waals surface area (Å²) in [4.78, 5) is 4.04. The zero-order valence-corrected chi connectivity index (χ0v) is 14.1. The molecule has 1 aromatic heterocycles. The molecule has 0 aliphatic rings. The number of nitrogens with zero attached hydrogens (tertiary/aromatic N) is 2. The number of nitrogens with one attached hydrogen (secondary N) is 1. The lowest BCUT2D eigenvalue weighted by molar-refractivity contribution is 0.296. The van der Waals surface area contributed by atoms with Gasteiger partial charge in [0, 0.05) is 35.0 Å². The summed E-state index contributed by atoms with van der Waals surface area (Å²) in [5, 5.41) is 3.43. The van der Waals surface area contributed by atoms with Crippen molar-refractivity contribution in [1.29, 1.82) is 0 Å². The third-order valence-corrected chi connectivity index (χ3v) is 3.82. The minimum atomic E-state index is 0.274. The summed E-state index contributed by atoms with van der Waals surface area (Å²) >= 11 is 3.53. The molecule has 114 valence electrons. The highest BCUT2D eigenvalue weighted by Crippen LogP contribution is 2.28. The largest absolute Gasteiger partial charge is 0.493 e. The fourth-order valence-corrected chi connectivity index (χ4v) is 2.63. The van der Waals surface area contributed by atoms with Crippen LogP contribution >= 0.6 is 15.9 Å². The van der Waals surface area contributed by atoms with Gasteiger partial charge in [0.1, 0.15) is 5.75 Å². The molecule has 5 heteroatoms. The maximum atomic E-state index is 5.96. The third kappa shape index (κ3) is 4.86. The monoisotopic (exact) mass is 351 g/mol. The van der Waals surface area contributed by atoms with Crippen LogP contribution in [0.1, 0.15) is 31.9 Å². The Morgan fingerprint density at radius 3 is 3.00 bits per heavy atom. The molecule has 0 saturated heterocycles. The molecule has 1 aromatic carbocycles. The van der Waals surface area contributed by atoms with Gasteiger partial charge >= 0.3 is 0 Å². The van der Waals surface area contributed by atoms with Crippen LogP contribution in [-0.4, -0.2) is 22.7 Å². The minimum absolute atomic E-state index is 0.274. The van der Waals surface area contributed by atoms with Gasteiger partial charge in [0.05, 0.1) is 12.9 Å². The van der Waals surface area contributed by atoms with Crippen molar-refractivity contribution in [3.05, 3.63) is 47.0 Å². The Kier molecular flexibility index (Phi) is 6.26. The quantitative estimate of drug-likeness (QED) is 0.735. The molecule has 0 bridgehead atoms. The lowest BCUT2D eigenvalue weighted by atomic mass is 10.1. The molecule has 0 saturated carbocycles. The highest BCUT2D eigenvalue weighted by Gasteiger charge is 2.11. The Morgan fingerprint density at radius 2 is 2.29 bits per heavy atom. The summed E-state index contributed by atoms with van der Waals surface area (Å²) in [7, 11) is 0. The number of aromatic nitrogens is 2. The molecule has 0 radical (unpaired) electrons. The van der Waals surface area contributed by atoms with Gasteiger partial charge in [-0.2, -0.15) is 0 Å². The van der Waals surface area contributed by atoms with E-state index >= 15 is 0 Å². The fourth-order valence-electron chi connectivity index (χ4n) is 2.25. The van der Waals surface area contributed by atoms with E-state index in [0.717, 1.165) is 29.7 Å². The lowest BCUT2D eigenvalue weighted by Gasteiger charge is -2.18. The summed E-state index contributed by atoms with van der Waals surface area (Å²) in [6.45, 7) is 6.83. The van der Waals surface area contributed by atoms with Crippen molar-refractivity contribution in [2.45, 2.75) is 32.9 Å². The lowest BCUT2D eigenvalue weighted by Crippen LogP contribution is -2.18. The first-order valence-electron chi connectivity index (χ1n) is 7.32. The fraction of sp³-hybridized carbons (Fsp3) is 0.438. The highest BCUT2D eigenvalue weighted by molar-refractivity contribution is 9.10. The first-order valence-corrected chi connectivity index (χ1v) is 8.11. The van der Waals surface area contributed by atoms with Crippen molar-refractivity contribution >= 4 is 15.9 Å². The smallest absolute Gasteiger partial charge is 0.124 e. The third-order valence-electron chi connectivity index (χ3n) is 3.33. The van der Waals surface area contributed by atoms with E-state index in [-0.39, 0.29) is 6.04 Å². The summed E-state index contributed by atoms with van der Waals surface area (Å²) in [6, 6.07) is 6.45. The average molecular weight is 352 g/mol. The van der Waals surface area contributed by atoms with Crippen LogP contribution < -0.4 is 10.1 Å². The molecule has 21 heavy (non-hydrogen) atoms. The van der Waals surface area contributed by atoms with Gasteiger partial charge in [-0.3, -0.25) is 0 Å². The number of benzene rings is 1. The predicted octanol–water partition coefficient (Wildman–Crippen LogP) is 3.79. The van der Waals surface area contributed by atoms with Crippen molar-refractivity contribution in [3.63, 3.8) is 0 Å². The molecule has 2 aromatic rings. The second-order valence-electron chi connectivity index (χ2n) is 4.96. The molecule has 0 amide bonds. The molecule has 1 heterocycles. The first-order chi connectivity index (χ1) is 10.2. The van der Waals surface area contributed by atoms with Crippen molar-refractivity contribution < 1.29 is 4.74 Å². The van der Waals surface area contributed by atoms with Gasteiger partial charge in [-0.15, -0.1) is 0 Å². The van der Waals surface area contributed by atoms with E-state index in [0.29, 0.717) is 6.61 Å². The van der Waals surface area contributed by atoms with Gasteiger partial charge in [-0.25, -0.2) is 4.98 Å². The summed E-state index contributed by atoms with van der Waals surface area (Å²) in [6.07, 6.45) is 6.56. The first kappa shape index (κ1) is 16.0. The Bertz CT molecular complexity index is 542. The van der Waals surface area contributed by atoms with E-state index in [1.807, 2.05) is 24.7 Å². The SMILES string of the molecule is CCNC(C)c1cc(Br)ccc1OCCCn1ccnc1. The van der Waals surface area contributed by atoms with E-state index in [4.69, 9.17) is 4.74 Å². The number of hydrogen-bond donors (Lipinski definition) is 1. The molecule has 2 rings (SSSR count). The second kappa shape index (κ2) is 8.20. The van der Waals surface area contributed by atoms with E-state index in [2.05, 4.69) is 50.7 Å². The Hall–Kier alpha value is -1.33. The number of halogens is 1. The van der Waals surface area contributed by atoms with Crippen LogP contribution in [0.4, 0.5) is 0 Å².